The zero-order valence-corrected chi connectivity index (χ0v) is 17.0. The van der Waals surface area contributed by atoms with Gasteiger partial charge in [0.2, 0.25) is 0 Å². The molecular formula is C19H23BNO5P. The smallest absolute Gasteiger partial charge is 0.310 e. The van der Waals surface area contributed by atoms with E-state index in [0.717, 1.165) is 6.29 Å². The number of aldehydes is 1. The molecule has 0 heterocycles. The van der Waals surface area contributed by atoms with Gasteiger partial charge >= 0.3 is 7.48 Å². The fourth-order valence-electron chi connectivity index (χ4n) is 2.13. The van der Waals surface area contributed by atoms with Crippen molar-refractivity contribution >= 4 is 34.2 Å². The molecule has 2 aromatic carbocycles. The maximum Gasteiger partial charge on any atom is 0.310 e. The van der Waals surface area contributed by atoms with Crippen molar-refractivity contribution in [2.24, 2.45) is 0 Å². The van der Waals surface area contributed by atoms with E-state index in [2.05, 4.69) is 23.1 Å². The summed E-state index contributed by atoms with van der Waals surface area (Å²) in [4.78, 5) is 21.8. The molecule has 0 aliphatic carbocycles. The zero-order chi connectivity index (χ0) is 20.2. The molecule has 0 N–H and O–H groups in total. The van der Waals surface area contributed by atoms with Gasteiger partial charge in [0.25, 0.3) is 5.69 Å². The van der Waals surface area contributed by atoms with Crippen LogP contribution in [0.1, 0.15) is 38.1 Å². The summed E-state index contributed by atoms with van der Waals surface area (Å²) in [6, 6.07) is 11.0. The first-order valence-corrected chi connectivity index (χ1v) is 9.04. The molecule has 1 unspecified atom stereocenters. The number of non-ortho nitro benzene ring substituents is 1. The van der Waals surface area contributed by atoms with E-state index in [1.54, 1.807) is 30.3 Å². The van der Waals surface area contributed by atoms with Crippen molar-refractivity contribution < 1.29 is 19.1 Å². The Balaban J connectivity index is 2.23. The average molecular weight is 387 g/mol. The fraction of sp³-hybridized carbons (Fsp3) is 0.316. The first-order chi connectivity index (χ1) is 12.5. The Hall–Kier alpha value is -2.24. The van der Waals surface area contributed by atoms with Crippen molar-refractivity contribution in [3.63, 3.8) is 0 Å². The number of nitro groups is 1. The van der Waals surface area contributed by atoms with Gasteiger partial charge in [-0.1, -0.05) is 19.9 Å². The van der Waals surface area contributed by atoms with E-state index in [0.29, 0.717) is 22.5 Å². The minimum Gasteiger partial charge on any atom is -0.457 e. The lowest BCUT2D eigenvalue weighted by molar-refractivity contribution is -0.384. The van der Waals surface area contributed by atoms with Gasteiger partial charge in [0, 0.05) is 16.8 Å². The number of ether oxygens (including phenoxy) is 1. The summed E-state index contributed by atoms with van der Waals surface area (Å²) in [5.74, 6) is 0.823. The lowest BCUT2D eigenvalue weighted by Gasteiger charge is -2.39. The first kappa shape index (κ1) is 21.1. The second kappa shape index (κ2) is 8.20. The maximum absolute atomic E-state index is 11.4. The SMILES string of the molecule is CC(C)(P)C(C)(C)OBc1cc(Oc2cccc([N+](=O)[O-])c2)ccc1C=O. The van der Waals surface area contributed by atoms with Crippen molar-refractivity contribution in [3.8, 4) is 11.5 Å². The van der Waals surface area contributed by atoms with Crippen LogP contribution in [0, 0.1) is 10.1 Å². The Labute approximate surface area is 161 Å². The van der Waals surface area contributed by atoms with Gasteiger partial charge in [-0.2, -0.15) is 0 Å². The van der Waals surface area contributed by atoms with Gasteiger partial charge in [-0.25, -0.2) is 0 Å². The van der Waals surface area contributed by atoms with Crippen molar-refractivity contribution in [1.82, 2.24) is 0 Å². The van der Waals surface area contributed by atoms with E-state index >= 15 is 0 Å². The average Bonchev–Trinajstić information content (AvgIpc) is 2.59. The molecule has 142 valence electrons. The summed E-state index contributed by atoms with van der Waals surface area (Å²) in [7, 11) is 3.01. The molecule has 0 aliphatic heterocycles. The number of nitro benzene ring substituents is 1. The second-order valence-electron chi connectivity index (χ2n) is 7.36. The summed E-state index contributed by atoms with van der Waals surface area (Å²) in [5, 5.41) is 10.7. The molecule has 0 amide bonds. The monoisotopic (exact) mass is 387 g/mol. The lowest BCUT2D eigenvalue weighted by atomic mass is 9.81. The molecular weight excluding hydrogens is 364 g/mol. The lowest BCUT2D eigenvalue weighted by Crippen LogP contribution is -2.45. The zero-order valence-electron chi connectivity index (χ0n) is 15.9. The van der Waals surface area contributed by atoms with Crippen LogP contribution in [-0.2, 0) is 4.65 Å². The van der Waals surface area contributed by atoms with Gasteiger partial charge in [-0.15, -0.1) is 9.24 Å². The Morgan fingerprint density at radius 2 is 1.78 bits per heavy atom. The van der Waals surface area contributed by atoms with Crippen molar-refractivity contribution in [2.75, 3.05) is 0 Å². The summed E-state index contributed by atoms with van der Waals surface area (Å²) in [6.07, 6.45) is 0.772. The Bertz CT molecular complexity index is 848. The largest absolute Gasteiger partial charge is 0.457 e. The Morgan fingerprint density at radius 3 is 2.37 bits per heavy atom. The second-order valence-corrected chi connectivity index (χ2v) is 8.80. The predicted octanol–water partition coefficient (Wildman–Crippen LogP) is 3.63. The summed E-state index contributed by atoms with van der Waals surface area (Å²) in [6.45, 7) is 8.09. The third kappa shape index (κ3) is 5.38. The van der Waals surface area contributed by atoms with Crippen LogP contribution >= 0.6 is 9.24 Å². The fourth-order valence-corrected chi connectivity index (χ4v) is 2.21. The maximum atomic E-state index is 11.4. The number of hydrogen-bond acceptors (Lipinski definition) is 5. The van der Waals surface area contributed by atoms with Crippen molar-refractivity contribution in [2.45, 2.75) is 38.5 Å². The number of nitrogens with zero attached hydrogens (tertiary/aromatic N) is 1. The van der Waals surface area contributed by atoms with E-state index in [4.69, 9.17) is 9.39 Å². The molecule has 27 heavy (non-hydrogen) atoms. The van der Waals surface area contributed by atoms with E-state index in [-0.39, 0.29) is 18.3 Å². The molecule has 6 nitrogen and oxygen atoms in total. The van der Waals surface area contributed by atoms with E-state index in [1.165, 1.54) is 12.1 Å². The summed E-state index contributed by atoms with van der Waals surface area (Å²) >= 11 is 0. The minimum atomic E-state index is -0.478. The molecule has 0 saturated carbocycles. The molecule has 0 aromatic heterocycles. The number of hydrogen-bond donors (Lipinski definition) is 0. The minimum absolute atomic E-state index is 0.0509. The van der Waals surface area contributed by atoms with Crippen LogP contribution in [0.4, 0.5) is 5.69 Å². The third-order valence-electron chi connectivity index (χ3n) is 4.65. The van der Waals surface area contributed by atoms with Crippen molar-refractivity contribution in [3.05, 3.63) is 58.1 Å². The molecule has 0 aliphatic rings. The van der Waals surface area contributed by atoms with Gasteiger partial charge in [0.15, 0.2) is 0 Å². The molecule has 0 spiro atoms. The van der Waals surface area contributed by atoms with E-state index in [9.17, 15) is 14.9 Å². The molecule has 8 heteroatoms. The molecule has 0 bridgehead atoms. The quantitative estimate of drug-likeness (QED) is 0.227. The molecule has 0 radical (unpaired) electrons. The first-order valence-electron chi connectivity index (χ1n) is 8.47. The predicted molar refractivity (Wildman–Crippen MR) is 111 cm³/mol. The Morgan fingerprint density at radius 1 is 1.11 bits per heavy atom. The third-order valence-corrected chi connectivity index (χ3v) is 5.34. The van der Waals surface area contributed by atoms with Crippen LogP contribution in [0.5, 0.6) is 11.5 Å². The van der Waals surface area contributed by atoms with Gasteiger partial charge in [-0.3, -0.25) is 14.9 Å². The van der Waals surface area contributed by atoms with Gasteiger partial charge < -0.3 is 9.39 Å². The van der Waals surface area contributed by atoms with Crippen LogP contribution in [0.15, 0.2) is 42.5 Å². The number of carbonyl (C=O) groups is 1. The highest BCUT2D eigenvalue weighted by Gasteiger charge is 2.33. The Kier molecular flexibility index (Phi) is 6.40. The van der Waals surface area contributed by atoms with Crippen LogP contribution in [0.3, 0.4) is 0 Å². The van der Waals surface area contributed by atoms with Crippen molar-refractivity contribution in [1.29, 1.82) is 0 Å². The highest BCUT2D eigenvalue weighted by atomic mass is 31.0. The molecule has 1 atom stereocenters. The van der Waals surface area contributed by atoms with Crippen LogP contribution in [0.25, 0.3) is 0 Å². The standard InChI is InChI=1S/C19H23BNO5P/c1-18(2,19(3,4)27)26-20-17-11-16(9-8-13(17)12-22)25-15-7-5-6-14(10-15)21(23)24/h5-12,20H,27H2,1-4H3. The number of carbonyl (C=O) groups excluding carboxylic acids is 1. The summed E-state index contributed by atoms with van der Waals surface area (Å²) < 4.78 is 11.8. The van der Waals surface area contributed by atoms with Gasteiger partial charge in [0.05, 0.1) is 16.6 Å². The van der Waals surface area contributed by atoms with Gasteiger partial charge in [-0.05, 0) is 43.6 Å². The summed E-state index contributed by atoms with van der Waals surface area (Å²) in [5.41, 5.74) is 0.716. The topological polar surface area (TPSA) is 78.7 Å². The van der Waals surface area contributed by atoms with Crippen LogP contribution in [-0.4, -0.2) is 29.4 Å². The van der Waals surface area contributed by atoms with Gasteiger partial charge in [0.1, 0.15) is 17.8 Å². The molecule has 2 rings (SSSR count). The van der Waals surface area contributed by atoms with Crippen LogP contribution in [0.2, 0.25) is 0 Å². The highest BCUT2D eigenvalue weighted by Crippen LogP contribution is 2.33. The van der Waals surface area contributed by atoms with E-state index in [1.807, 2.05) is 13.8 Å². The number of rotatable bonds is 8. The highest BCUT2D eigenvalue weighted by molar-refractivity contribution is 7.19. The molecule has 2 aromatic rings. The van der Waals surface area contributed by atoms with Crippen LogP contribution < -0.4 is 10.2 Å². The van der Waals surface area contributed by atoms with E-state index < -0.39 is 10.5 Å². The molecule has 0 saturated heterocycles. The number of benzene rings is 2. The molecule has 0 fully saturated rings. The normalized spacial score (nSPS) is 11.7.